The van der Waals surface area contributed by atoms with Crippen LogP contribution in [-0.2, 0) is 9.53 Å². The summed E-state index contributed by atoms with van der Waals surface area (Å²) in [5.41, 5.74) is 0. The van der Waals surface area contributed by atoms with Crippen molar-refractivity contribution in [3.8, 4) is 0 Å². The monoisotopic (exact) mass is 234 g/mol. The van der Waals surface area contributed by atoms with Crippen LogP contribution in [0.5, 0.6) is 0 Å². The molecule has 0 aromatic carbocycles. The molecule has 14 heavy (non-hydrogen) atoms. The first-order valence-corrected chi connectivity index (χ1v) is 7.50. The predicted molar refractivity (Wildman–Crippen MR) is 63.5 cm³/mol. The Morgan fingerprint density at radius 1 is 1.57 bits per heavy atom. The van der Waals surface area contributed by atoms with E-state index in [1.54, 1.807) is 0 Å². The summed E-state index contributed by atoms with van der Waals surface area (Å²) in [6.45, 7) is 4.67. The van der Waals surface area contributed by atoms with Crippen LogP contribution in [0.25, 0.3) is 0 Å². The second kappa shape index (κ2) is 6.62. The van der Waals surface area contributed by atoms with Crippen molar-refractivity contribution in [3.05, 3.63) is 0 Å². The predicted octanol–water partition coefficient (Wildman–Crippen LogP) is 3.12. The summed E-state index contributed by atoms with van der Waals surface area (Å²) in [4.78, 5) is 11.2. The molecule has 1 saturated heterocycles. The molecule has 0 N–H and O–H groups in total. The number of carbonyl (C=O) groups excluding carboxylic acids is 1. The van der Waals surface area contributed by atoms with Gasteiger partial charge in [0.15, 0.2) is 0 Å². The van der Waals surface area contributed by atoms with Crippen LogP contribution in [0, 0.1) is 5.92 Å². The van der Waals surface area contributed by atoms with Gasteiger partial charge < -0.3 is 4.74 Å². The Kier molecular flexibility index (Phi) is 5.78. The molecule has 0 amide bonds. The van der Waals surface area contributed by atoms with Gasteiger partial charge in [-0.15, -0.1) is 0 Å². The SMILES string of the molecule is CC(C)CC(=O)OCCC1CCSS1. The average molecular weight is 234 g/mol. The minimum Gasteiger partial charge on any atom is -0.466 e. The highest BCUT2D eigenvalue weighted by Crippen LogP contribution is 2.39. The van der Waals surface area contributed by atoms with E-state index in [1.165, 1.54) is 12.2 Å². The van der Waals surface area contributed by atoms with Gasteiger partial charge in [0, 0.05) is 17.4 Å². The van der Waals surface area contributed by atoms with E-state index in [0.29, 0.717) is 24.2 Å². The maximum Gasteiger partial charge on any atom is 0.306 e. The van der Waals surface area contributed by atoms with Gasteiger partial charge in [-0.2, -0.15) is 0 Å². The van der Waals surface area contributed by atoms with Crippen LogP contribution in [0.1, 0.15) is 33.1 Å². The van der Waals surface area contributed by atoms with Crippen LogP contribution in [0.15, 0.2) is 0 Å². The third-order valence-electron chi connectivity index (χ3n) is 2.01. The standard InChI is InChI=1S/C10H18O2S2/c1-8(2)7-10(11)12-5-3-9-4-6-13-14-9/h8-9H,3-7H2,1-2H3. The quantitative estimate of drug-likeness (QED) is 0.539. The Hall–Kier alpha value is 0.170. The van der Waals surface area contributed by atoms with E-state index < -0.39 is 0 Å². The number of esters is 1. The summed E-state index contributed by atoms with van der Waals surface area (Å²) in [5.74, 6) is 1.60. The first-order valence-electron chi connectivity index (χ1n) is 5.12. The van der Waals surface area contributed by atoms with E-state index in [0.717, 1.165) is 6.42 Å². The lowest BCUT2D eigenvalue weighted by molar-refractivity contribution is -0.144. The molecule has 2 nitrogen and oxygen atoms in total. The number of rotatable bonds is 5. The Morgan fingerprint density at radius 2 is 2.36 bits per heavy atom. The second-order valence-electron chi connectivity index (χ2n) is 3.94. The van der Waals surface area contributed by atoms with Crippen molar-refractivity contribution >= 4 is 27.6 Å². The number of hydrogen-bond acceptors (Lipinski definition) is 4. The van der Waals surface area contributed by atoms with E-state index in [1.807, 2.05) is 35.4 Å². The molecule has 0 aromatic rings. The molecule has 0 aromatic heterocycles. The Bertz CT molecular complexity index is 177. The molecule has 4 heteroatoms. The van der Waals surface area contributed by atoms with E-state index in [-0.39, 0.29) is 5.97 Å². The molecular weight excluding hydrogens is 216 g/mol. The molecule has 1 fully saturated rings. The summed E-state index contributed by atoms with van der Waals surface area (Å²) in [6.07, 6.45) is 2.82. The molecule has 1 rings (SSSR count). The largest absolute Gasteiger partial charge is 0.466 e. The van der Waals surface area contributed by atoms with Crippen molar-refractivity contribution < 1.29 is 9.53 Å². The van der Waals surface area contributed by atoms with Gasteiger partial charge in [0.1, 0.15) is 0 Å². The second-order valence-corrected chi connectivity index (χ2v) is 6.72. The van der Waals surface area contributed by atoms with Crippen molar-refractivity contribution in [1.82, 2.24) is 0 Å². The average Bonchev–Trinajstić information content (AvgIpc) is 2.55. The minimum absolute atomic E-state index is 0.0457. The van der Waals surface area contributed by atoms with E-state index >= 15 is 0 Å². The molecule has 0 radical (unpaired) electrons. The molecular formula is C10H18O2S2. The van der Waals surface area contributed by atoms with Crippen molar-refractivity contribution in [3.63, 3.8) is 0 Å². The highest BCUT2D eigenvalue weighted by molar-refractivity contribution is 8.77. The molecule has 82 valence electrons. The highest BCUT2D eigenvalue weighted by atomic mass is 33.1. The van der Waals surface area contributed by atoms with Crippen LogP contribution < -0.4 is 0 Å². The fourth-order valence-corrected chi connectivity index (χ4v) is 4.22. The maximum absolute atomic E-state index is 11.2. The zero-order valence-corrected chi connectivity index (χ0v) is 10.5. The molecule has 1 aliphatic heterocycles. The fourth-order valence-electron chi connectivity index (χ4n) is 1.26. The Balaban J connectivity index is 1.99. The van der Waals surface area contributed by atoms with E-state index in [4.69, 9.17) is 4.74 Å². The zero-order valence-electron chi connectivity index (χ0n) is 8.82. The number of ether oxygens (including phenoxy) is 1. The van der Waals surface area contributed by atoms with Crippen LogP contribution in [0.3, 0.4) is 0 Å². The number of hydrogen-bond donors (Lipinski definition) is 0. The van der Waals surface area contributed by atoms with Crippen molar-refractivity contribution in [2.24, 2.45) is 5.92 Å². The summed E-state index contributed by atoms with van der Waals surface area (Å²) < 4.78 is 5.15. The van der Waals surface area contributed by atoms with Gasteiger partial charge in [0.2, 0.25) is 0 Å². The summed E-state index contributed by atoms with van der Waals surface area (Å²) >= 11 is 0. The van der Waals surface area contributed by atoms with Crippen LogP contribution in [0.4, 0.5) is 0 Å². The normalized spacial score (nSPS) is 21.5. The third-order valence-corrected chi connectivity index (χ3v) is 5.01. The van der Waals surface area contributed by atoms with Crippen LogP contribution >= 0.6 is 21.6 Å². The third kappa shape index (κ3) is 5.15. The molecule has 1 unspecified atom stereocenters. The Labute approximate surface area is 93.9 Å². The molecule has 0 aliphatic carbocycles. The van der Waals surface area contributed by atoms with Crippen molar-refractivity contribution in [2.45, 2.75) is 38.4 Å². The minimum atomic E-state index is -0.0457. The van der Waals surface area contributed by atoms with E-state index in [9.17, 15) is 4.79 Å². The van der Waals surface area contributed by atoms with Crippen molar-refractivity contribution in [1.29, 1.82) is 0 Å². The summed E-state index contributed by atoms with van der Waals surface area (Å²) in [5, 5.41) is 0.701. The van der Waals surface area contributed by atoms with Crippen molar-refractivity contribution in [2.75, 3.05) is 12.4 Å². The smallest absolute Gasteiger partial charge is 0.306 e. The van der Waals surface area contributed by atoms with Gasteiger partial charge in [-0.25, -0.2) is 0 Å². The Morgan fingerprint density at radius 3 is 2.93 bits per heavy atom. The molecule has 0 bridgehead atoms. The first-order chi connectivity index (χ1) is 6.68. The first kappa shape index (κ1) is 12.2. The molecule has 0 spiro atoms. The van der Waals surface area contributed by atoms with Gasteiger partial charge in [-0.1, -0.05) is 35.4 Å². The van der Waals surface area contributed by atoms with Crippen LogP contribution in [0.2, 0.25) is 0 Å². The van der Waals surface area contributed by atoms with Crippen LogP contribution in [-0.4, -0.2) is 23.6 Å². The molecule has 0 saturated carbocycles. The number of carbonyl (C=O) groups is 1. The lowest BCUT2D eigenvalue weighted by atomic mass is 10.1. The van der Waals surface area contributed by atoms with Gasteiger partial charge in [0.25, 0.3) is 0 Å². The lowest BCUT2D eigenvalue weighted by Crippen LogP contribution is -2.11. The van der Waals surface area contributed by atoms with Gasteiger partial charge in [-0.05, 0) is 18.8 Å². The van der Waals surface area contributed by atoms with Gasteiger partial charge in [0.05, 0.1) is 6.61 Å². The summed E-state index contributed by atoms with van der Waals surface area (Å²) in [6, 6.07) is 0. The summed E-state index contributed by atoms with van der Waals surface area (Å²) in [7, 11) is 3.86. The highest BCUT2D eigenvalue weighted by Gasteiger charge is 2.16. The van der Waals surface area contributed by atoms with E-state index in [2.05, 4.69) is 0 Å². The molecule has 1 aliphatic rings. The molecule has 1 atom stereocenters. The lowest BCUT2D eigenvalue weighted by Gasteiger charge is -2.09. The topological polar surface area (TPSA) is 26.3 Å². The zero-order chi connectivity index (χ0) is 10.4. The molecule has 1 heterocycles. The van der Waals surface area contributed by atoms with Gasteiger partial charge >= 0.3 is 5.97 Å². The fraction of sp³-hybridized carbons (Fsp3) is 0.900. The van der Waals surface area contributed by atoms with Gasteiger partial charge in [-0.3, -0.25) is 4.79 Å². The maximum atomic E-state index is 11.2.